The molecule has 20 heavy (non-hydrogen) atoms. The molecule has 0 aliphatic carbocycles. The Bertz CT molecular complexity index is 678. The third kappa shape index (κ3) is 3.09. The summed E-state index contributed by atoms with van der Waals surface area (Å²) >= 11 is 1.39. The number of rotatable bonds is 5. The van der Waals surface area contributed by atoms with E-state index in [9.17, 15) is 10.1 Å². The zero-order valence-electron chi connectivity index (χ0n) is 10.2. The average molecular weight is 290 g/mol. The molecule has 2 aromatic rings. The summed E-state index contributed by atoms with van der Waals surface area (Å²) in [5.74, 6) is 0. The van der Waals surface area contributed by atoms with Crippen LogP contribution in [0.5, 0.6) is 0 Å². The zero-order valence-corrected chi connectivity index (χ0v) is 11.1. The highest BCUT2D eigenvalue weighted by Gasteiger charge is 2.11. The minimum absolute atomic E-state index is 0.114. The fraction of sp³-hybridized carbons (Fsp3) is 0.167. The van der Waals surface area contributed by atoms with Crippen molar-refractivity contribution < 1.29 is 10.0 Å². The minimum Gasteiger partial charge on any atom is -0.390 e. The number of nitro benzene ring substituents is 1. The molecular formula is C12H10N4O3S. The Balaban J connectivity index is 2.13. The van der Waals surface area contributed by atoms with Gasteiger partial charge in [0.05, 0.1) is 35.0 Å². The number of non-ortho nitro benzene ring substituents is 1. The number of nitriles is 1. The van der Waals surface area contributed by atoms with Crippen molar-refractivity contribution in [3.8, 4) is 6.07 Å². The maximum Gasteiger partial charge on any atom is 0.270 e. The van der Waals surface area contributed by atoms with Crippen LogP contribution in [0.3, 0.4) is 0 Å². The molecule has 0 unspecified atom stereocenters. The highest BCUT2D eigenvalue weighted by Crippen LogP contribution is 2.22. The van der Waals surface area contributed by atoms with E-state index in [4.69, 9.17) is 10.4 Å². The summed E-state index contributed by atoms with van der Waals surface area (Å²) in [4.78, 5) is 14.3. The second kappa shape index (κ2) is 6.10. The van der Waals surface area contributed by atoms with Gasteiger partial charge in [-0.1, -0.05) is 0 Å². The fourth-order valence-electron chi connectivity index (χ4n) is 1.57. The number of nitro groups is 1. The number of benzene rings is 1. The Morgan fingerprint density at radius 1 is 1.55 bits per heavy atom. The summed E-state index contributed by atoms with van der Waals surface area (Å²) in [5, 5.41) is 34.1. The lowest BCUT2D eigenvalue weighted by Crippen LogP contribution is -2.02. The second-order valence-electron chi connectivity index (χ2n) is 3.84. The summed E-state index contributed by atoms with van der Waals surface area (Å²) in [6, 6.07) is 5.98. The molecule has 0 saturated carbocycles. The van der Waals surface area contributed by atoms with Gasteiger partial charge in [0, 0.05) is 17.5 Å². The van der Waals surface area contributed by atoms with E-state index in [2.05, 4.69) is 10.3 Å². The van der Waals surface area contributed by atoms with Crippen molar-refractivity contribution in [3.05, 3.63) is 50.0 Å². The maximum atomic E-state index is 10.6. The number of hydrogen-bond acceptors (Lipinski definition) is 7. The molecule has 0 aliphatic rings. The molecule has 102 valence electrons. The molecule has 7 nitrogen and oxygen atoms in total. The summed E-state index contributed by atoms with van der Waals surface area (Å²) < 4.78 is 0. The summed E-state index contributed by atoms with van der Waals surface area (Å²) in [5.41, 5.74) is 1.19. The molecule has 0 fully saturated rings. The second-order valence-corrected chi connectivity index (χ2v) is 4.79. The molecular weight excluding hydrogens is 280 g/mol. The van der Waals surface area contributed by atoms with E-state index in [0.29, 0.717) is 17.9 Å². The van der Waals surface area contributed by atoms with Crippen LogP contribution in [0.2, 0.25) is 0 Å². The van der Waals surface area contributed by atoms with Crippen molar-refractivity contribution >= 4 is 22.7 Å². The average Bonchev–Trinajstić information content (AvgIpc) is 2.92. The first-order valence-corrected chi connectivity index (χ1v) is 6.48. The maximum absolute atomic E-state index is 10.6. The summed E-state index contributed by atoms with van der Waals surface area (Å²) in [7, 11) is 0. The van der Waals surface area contributed by atoms with E-state index in [0.717, 1.165) is 5.01 Å². The van der Waals surface area contributed by atoms with Gasteiger partial charge in [-0.15, -0.1) is 11.3 Å². The number of anilines is 1. The summed E-state index contributed by atoms with van der Waals surface area (Å²) in [6.07, 6.45) is 0. The van der Waals surface area contributed by atoms with Gasteiger partial charge < -0.3 is 10.4 Å². The fourth-order valence-corrected chi connectivity index (χ4v) is 2.29. The van der Waals surface area contributed by atoms with Crippen LogP contribution in [0.25, 0.3) is 0 Å². The van der Waals surface area contributed by atoms with Crippen molar-refractivity contribution in [1.29, 1.82) is 5.26 Å². The number of thiazole rings is 1. The smallest absolute Gasteiger partial charge is 0.270 e. The van der Waals surface area contributed by atoms with Crippen molar-refractivity contribution in [2.75, 3.05) is 5.32 Å². The highest BCUT2D eigenvalue weighted by atomic mass is 32.1. The topological polar surface area (TPSA) is 112 Å². The lowest BCUT2D eigenvalue weighted by atomic mass is 10.1. The molecule has 0 aliphatic heterocycles. The predicted octanol–water partition coefficient (Wildman–Crippen LogP) is 2.03. The van der Waals surface area contributed by atoms with E-state index < -0.39 is 4.92 Å². The van der Waals surface area contributed by atoms with Crippen LogP contribution in [0.1, 0.15) is 16.3 Å². The van der Waals surface area contributed by atoms with E-state index >= 15 is 0 Å². The van der Waals surface area contributed by atoms with E-state index in [1.165, 1.54) is 29.5 Å². The van der Waals surface area contributed by atoms with Crippen LogP contribution in [0.15, 0.2) is 23.6 Å². The molecule has 1 aromatic carbocycles. The lowest BCUT2D eigenvalue weighted by molar-refractivity contribution is -0.384. The summed E-state index contributed by atoms with van der Waals surface area (Å²) in [6.45, 7) is 0.272. The number of hydrogen-bond donors (Lipinski definition) is 2. The number of nitrogens with zero attached hydrogens (tertiary/aromatic N) is 3. The van der Waals surface area contributed by atoms with Gasteiger partial charge in [0.2, 0.25) is 0 Å². The minimum atomic E-state index is -0.543. The van der Waals surface area contributed by atoms with Crippen molar-refractivity contribution in [3.63, 3.8) is 0 Å². The first kappa shape index (κ1) is 13.9. The highest BCUT2D eigenvalue weighted by molar-refractivity contribution is 7.09. The zero-order chi connectivity index (χ0) is 14.5. The van der Waals surface area contributed by atoms with E-state index in [1.807, 2.05) is 6.07 Å². The van der Waals surface area contributed by atoms with Gasteiger partial charge in [0.15, 0.2) is 0 Å². The normalized spacial score (nSPS) is 10.0. The third-order valence-electron chi connectivity index (χ3n) is 2.53. The lowest BCUT2D eigenvalue weighted by Gasteiger charge is -2.06. The van der Waals surface area contributed by atoms with Crippen LogP contribution < -0.4 is 5.32 Å². The van der Waals surface area contributed by atoms with Gasteiger partial charge in [-0.05, 0) is 6.07 Å². The van der Waals surface area contributed by atoms with Crippen LogP contribution >= 0.6 is 11.3 Å². The van der Waals surface area contributed by atoms with Crippen LogP contribution in [-0.2, 0) is 13.2 Å². The first-order chi connectivity index (χ1) is 9.63. The van der Waals surface area contributed by atoms with E-state index in [1.54, 1.807) is 5.38 Å². The molecule has 0 bridgehead atoms. The van der Waals surface area contributed by atoms with Crippen LogP contribution in [-0.4, -0.2) is 15.0 Å². The van der Waals surface area contributed by atoms with Gasteiger partial charge in [0.1, 0.15) is 11.1 Å². The predicted molar refractivity (Wildman–Crippen MR) is 73.2 cm³/mol. The Hall–Kier alpha value is -2.50. The molecule has 2 N–H and O–H groups in total. The molecule has 2 rings (SSSR count). The van der Waals surface area contributed by atoms with Gasteiger partial charge in [-0.3, -0.25) is 10.1 Å². The molecule has 0 saturated heterocycles. The SMILES string of the molecule is N#Cc1cc([N+](=O)[O-])ccc1NCc1nc(CO)cs1. The van der Waals surface area contributed by atoms with Crippen molar-refractivity contribution in [1.82, 2.24) is 4.98 Å². The molecule has 0 amide bonds. The van der Waals surface area contributed by atoms with Gasteiger partial charge in [-0.2, -0.15) is 5.26 Å². The molecule has 1 aromatic heterocycles. The Morgan fingerprint density at radius 3 is 2.95 bits per heavy atom. The largest absolute Gasteiger partial charge is 0.390 e. The van der Waals surface area contributed by atoms with Gasteiger partial charge in [-0.25, -0.2) is 4.98 Å². The standard InChI is InChI=1S/C12H10N4O3S/c13-4-8-3-10(16(18)19)1-2-11(8)14-5-12-15-9(6-17)7-20-12/h1-3,7,14,17H,5-6H2. The molecule has 1 heterocycles. The number of aliphatic hydroxyl groups excluding tert-OH is 1. The first-order valence-electron chi connectivity index (χ1n) is 5.60. The van der Waals surface area contributed by atoms with E-state index in [-0.39, 0.29) is 17.9 Å². The third-order valence-corrected chi connectivity index (χ3v) is 3.42. The van der Waals surface area contributed by atoms with Crippen molar-refractivity contribution in [2.24, 2.45) is 0 Å². The monoisotopic (exact) mass is 290 g/mol. The molecule has 0 spiro atoms. The number of aliphatic hydroxyl groups is 1. The van der Waals surface area contributed by atoms with Crippen LogP contribution in [0, 0.1) is 21.4 Å². The molecule has 0 radical (unpaired) electrons. The Kier molecular flexibility index (Phi) is 4.24. The van der Waals surface area contributed by atoms with Gasteiger partial charge >= 0.3 is 0 Å². The molecule has 0 atom stereocenters. The van der Waals surface area contributed by atoms with Crippen LogP contribution in [0.4, 0.5) is 11.4 Å². The number of nitrogens with one attached hydrogen (secondary N) is 1. The Labute approximate surface area is 118 Å². The quantitative estimate of drug-likeness (QED) is 0.643. The number of aromatic nitrogens is 1. The van der Waals surface area contributed by atoms with Crippen molar-refractivity contribution in [2.45, 2.75) is 13.2 Å². The van der Waals surface area contributed by atoms with Gasteiger partial charge in [0.25, 0.3) is 5.69 Å². The Morgan fingerprint density at radius 2 is 2.35 bits per heavy atom. The molecule has 8 heteroatoms.